The van der Waals surface area contributed by atoms with E-state index in [1.54, 1.807) is 11.3 Å². The van der Waals surface area contributed by atoms with Gasteiger partial charge in [0, 0.05) is 18.4 Å². The molecule has 0 spiro atoms. The zero-order valence-corrected chi connectivity index (χ0v) is 12.0. The van der Waals surface area contributed by atoms with Crippen molar-refractivity contribution in [1.29, 1.82) is 0 Å². The number of thiophene rings is 1. The molecule has 0 radical (unpaired) electrons. The summed E-state index contributed by atoms with van der Waals surface area (Å²) in [5.41, 5.74) is 6.42. The number of nitrogens with zero attached hydrogens (tertiary/aromatic N) is 2. The summed E-state index contributed by atoms with van der Waals surface area (Å²) in [5.74, 6) is 1.08. The zero-order valence-electron chi connectivity index (χ0n) is 11.2. The predicted molar refractivity (Wildman–Crippen MR) is 80.3 cm³/mol. The molecule has 2 heterocycles. The van der Waals surface area contributed by atoms with Crippen molar-refractivity contribution < 1.29 is 0 Å². The lowest BCUT2D eigenvalue weighted by molar-refractivity contribution is 0.329. The predicted octanol–water partition coefficient (Wildman–Crippen LogP) is 3.83. The minimum absolute atomic E-state index is 0.258. The summed E-state index contributed by atoms with van der Waals surface area (Å²) in [6.45, 7) is 0. The van der Waals surface area contributed by atoms with Gasteiger partial charge in [0.05, 0.1) is 10.9 Å². The van der Waals surface area contributed by atoms with Gasteiger partial charge in [-0.05, 0) is 24.3 Å². The van der Waals surface area contributed by atoms with Gasteiger partial charge in [-0.3, -0.25) is 0 Å². The van der Waals surface area contributed by atoms with Crippen molar-refractivity contribution in [2.45, 2.75) is 50.6 Å². The lowest BCUT2D eigenvalue weighted by atomic mass is 9.92. The van der Waals surface area contributed by atoms with Crippen LogP contribution in [0, 0.1) is 0 Å². The first-order chi connectivity index (χ1) is 9.36. The third kappa shape index (κ3) is 2.74. The average molecular weight is 275 g/mol. The van der Waals surface area contributed by atoms with E-state index in [-0.39, 0.29) is 6.04 Å². The first-order valence-electron chi connectivity index (χ1n) is 7.18. The summed E-state index contributed by atoms with van der Waals surface area (Å²) in [6, 6.07) is 4.88. The quantitative estimate of drug-likeness (QED) is 0.905. The fourth-order valence-electron chi connectivity index (χ4n) is 3.02. The maximum absolute atomic E-state index is 6.42. The Kier molecular flexibility index (Phi) is 3.99. The second-order valence-electron chi connectivity index (χ2n) is 5.36. The number of aromatic nitrogens is 2. The van der Waals surface area contributed by atoms with Crippen LogP contribution in [0.4, 0.5) is 0 Å². The Hall–Kier alpha value is -1.13. The molecule has 0 bridgehead atoms. The van der Waals surface area contributed by atoms with Crippen LogP contribution in [-0.4, -0.2) is 15.6 Å². The summed E-state index contributed by atoms with van der Waals surface area (Å²) in [6.07, 6.45) is 11.5. The molecule has 0 saturated heterocycles. The van der Waals surface area contributed by atoms with Crippen LogP contribution in [0.3, 0.4) is 0 Å². The second-order valence-corrected chi connectivity index (χ2v) is 6.31. The van der Waals surface area contributed by atoms with Crippen molar-refractivity contribution in [3.8, 4) is 10.7 Å². The Bertz CT molecular complexity index is 503. The van der Waals surface area contributed by atoms with E-state index >= 15 is 0 Å². The van der Waals surface area contributed by atoms with Gasteiger partial charge in [0.25, 0.3) is 0 Å². The molecule has 0 amide bonds. The van der Waals surface area contributed by atoms with E-state index in [0.29, 0.717) is 6.04 Å². The van der Waals surface area contributed by atoms with E-state index < -0.39 is 0 Å². The number of imidazole rings is 1. The van der Waals surface area contributed by atoms with Crippen LogP contribution in [-0.2, 0) is 0 Å². The van der Waals surface area contributed by atoms with E-state index in [1.165, 1.54) is 37.0 Å². The molecule has 4 heteroatoms. The number of rotatable bonds is 2. The van der Waals surface area contributed by atoms with E-state index in [4.69, 9.17) is 5.73 Å². The molecule has 102 valence electrons. The standard InChI is InChI=1S/C15H21N3S/c16-12-6-3-1-2-4-7-13(12)18-10-9-17-15(18)14-8-5-11-19-14/h5,8-13H,1-4,6-7,16H2. The average Bonchev–Trinajstić information content (AvgIpc) is 3.04. The van der Waals surface area contributed by atoms with Crippen molar-refractivity contribution in [1.82, 2.24) is 9.55 Å². The van der Waals surface area contributed by atoms with Crippen LogP contribution in [0.2, 0.25) is 0 Å². The Balaban J connectivity index is 1.90. The highest BCUT2D eigenvalue weighted by Crippen LogP contribution is 2.31. The molecule has 1 fully saturated rings. The maximum Gasteiger partial charge on any atom is 0.150 e. The molecule has 2 atom stereocenters. The molecule has 19 heavy (non-hydrogen) atoms. The molecule has 1 aliphatic carbocycles. The number of hydrogen-bond acceptors (Lipinski definition) is 3. The van der Waals surface area contributed by atoms with Crippen molar-refractivity contribution in [2.75, 3.05) is 0 Å². The normalized spacial score (nSPS) is 24.9. The Labute approximate surface area is 118 Å². The third-order valence-corrected chi connectivity index (χ3v) is 4.91. The molecule has 3 nitrogen and oxygen atoms in total. The monoisotopic (exact) mass is 275 g/mol. The summed E-state index contributed by atoms with van der Waals surface area (Å²) in [7, 11) is 0. The minimum Gasteiger partial charge on any atom is -0.326 e. The Morgan fingerprint density at radius 3 is 2.84 bits per heavy atom. The molecule has 2 aromatic heterocycles. The highest BCUT2D eigenvalue weighted by atomic mass is 32.1. The largest absolute Gasteiger partial charge is 0.326 e. The molecule has 2 aromatic rings. The molecular formula is C15H21N3S. The lowest BCUT2D eigenvalue weighted by Gasteiger charge is -2.28. The summed E-state index contributed by atoms with van der Waals surface area (Å²) in [5, 5.41) is 2.10. The topological polar surface area (TPSA) is 43.8 Å². The summed E-state index contributed by atoms with van der Waals surface area (Å²) >= 11 is 1.75. The third-order valence-electron chi connectivity index (χ3n) is 4.05. The lowest BCUT2D eigenvalue weighted by Crippen LogP contribution is -2.33. The fraction of sp³-hybridized carbons (Fsp3) is 0.533. The van der Waals surface area contributed by atoms with Gasteiger partial charge in [0.2, 0.25) is 0 Å². The minimum atomic E-state index is 0.258. The first-order valence-corrected chi connectivity index (χ1v) is 8.06. The molecule has 0 aromatic carbocycles. The van der Waals surface area contributed by atoms with Crippen LogP contribution in [0.15, 0.2) is 29.9 Å². The van der Waals surface area contributed by atoms with Gasteiger partial charge in [-0.2, -0.15) is 0 Å². The van der Waals surface area contributed by atoms with Gasteiger partial charge in [0.15, 0.2) is 0 Å². The van der Waals surface area contributed by atoms with E-state index in [0.717, 1.165) is 12.2 Å². The summed E-state index contributed by atoms with van der Waals surface area (Å²) in [4.78, 5) is 5.78. The van der Waals surface area contributed by atoms with Gasteiger partial charge in [0.1, 0.15) is 5.82 Å². The van der Waals surface area contributed by atoms with Gasteiger partial charge in [-0.1, -0.05) is 31.7 Å². The van der Waals surface area contributed by atoms with Crippen molar-refractivity contribution in [2.24, 2.45) is 5.73 Å². The number of hydrogen-bond donors (Lipinski definition) is 1. The second kappa shape index (κ2) is 5.88. The molecule has 0 aliphatic heterocycles. The van der Waals surface area contributed by atoms with Gasteiger partial charge < -0.3 is 10.3 Å². The highest BCUT2D eigenvalue weighted by Gasteiger charge is 2.23. The zero-order chi connectivity index (χ0) is 13.1. The molecule has 1 aliphatic rings. The van der Waals surface area contributed by atoms with Crippen LogP contribution in [0.5, 0.6) is 0 Å². The van der Waals surface area contributed by atoms with Gasteiger partial charge in [-0.15, -0.1) is 11.3 Å². The molecule has 1 saturated carbocycles. The molecular weight excluding hydrogens is 254 g/mol. The van der Waals surface area contributed by atoms with Crippen LogP contribution in [0.1, 0.15) is 44.6 Å². The Morgan fingerprint density at radius 1 is 1.21 bits per heavy atom. The smallest absolute Gasteiger partial charge is 0.150 e. The summed E-state index contributed by atoms with van der Waals surface area (Å²) < 4.78 is 2.31. The molecule has 2 N–H and O–H groups in total. The van der Waals surface area contributed by atoms with Gasteiger partial charge >= 0.3 is 0 Å². The number of nitrogens with two attached hydrogens (primary N) is 1. The highest BCUT2D eigenvalue weighted by molar-refractivity contribution is 7.13. The first kappa shape index (κ1) is 12.9. The Morgan fingerprint density at radius 2 is 2.05 bits per heavy atom. The molecule has 2 unspecified atom stereocenters. The fourth-order valence-corrected chi connectivity index (χ4v) is 3.74. The SMILES string of the molecule is NC1CCCCCCC1n1ccnc1-c1cccs1. The van der Waals surface area contributed by atoms with Crippen LogP contribution < -0.4 is 5.73 Å². The maximum atomic E-state index is 6.42. The van der Waals surface area contributed by atoms with Crippen molar-refractivity contribution in [3.63, 3.8) is 0 Å². The molecule has 3 rings (SSSR count). The van der Waals surface area contributed by atoms with E-state index in [9.17, 15) is 0 Å². The van der Waals surface area contributed by atoms with Crippen molar-refractivity contribution in [3.05, 3.63) is 29.9 Å². The van der Waals surface area contributed by atoms with Crippen LogP contribution >= 0.6 is 11.3 Å². The van der Waals surface area contributed by atoms with Crippen molar-refractivity contribution >= 4 is 11.3 Å². The van der Waals surface area contributed by atoms with Gasteiger partial charge in [-0.25, -0.2) is 4.98 Å². The van der Waals surface area contributed by atoms with Crippen LogP contribution in [0.25, 0.3) is 10.7 Å². The van der Waals surface area contributed by atoms with E-state index in [1.807, 2.05) is 6.20 Å². The van der Waals surface area contributed by atoms with E-state index in [2.05, 4.69) is 33.3 Å².